The zero-order valence-electron chi connectivity index (χ0n) is 11.9. The molecule has 5 nitrogen and oxygen atoms in total. The molecule has 0 saturated heterocycles. The first-order chi connectivity index (χ1) is 11.2. The summed E-state index contributed by atoms with van der Waals surface area (Å²) in [4.78, 5) is 23.9. The van der Waals surface area contributed by atoms with Crippen LogP contribution in [0.4, 0.5) is 5.69 Å². The standard InChI is InChI=1S/C17H11ClN4O/c18-16-12(4-2-8-20-16)22-17(23)13-9-11-6-5-10-3-1-7-19-14(10)15(11)21-13/h1-9,21H,(H,22,23). The molecule has 0 spiro atoms. The van der Waals surface area contributed by atoms with Crippen molar-refractivity contribution in [3.05, 3.63) is 65.7 Å². The molecule has 0 aliphatic rings. The monoisotopic (exact) mass is 322 g/mol. The normalized spacial score (nSPS) is 11.0. The van der Waals surface area contributed by atoms with Gasteiger partial charge in [0, 0.05) is 23.2 Å². The first kappa shape index (κ1) is 13.7. The summed E-state index contributed by atoms with van der Waals surface area (Å²) in [7, 11) is 0. The van der Waals surface area contributed by atoms with Gasteiger partial charge in [-0.15, -0.1) is 0 Å². The molecular formula is C17H11ClN4O. The Morgan fingerprint density at radius 1 is 1.04 bits per heavy atom. The van der Waals surface area contributed by atoms with Crippen LogP contribution in [0.3, 0.4) is 0 Å². The Morgan fingerprint density at radius 2 is 1.83 bits per heavy atom. The van der Waals surface area contributed by atoms with Crippen LogP contribution < -0.4 is 5.32 Å². The van der Waals surface area contributed by atoms with Gasteiger partial charge in [-0.25, -0.2) is 4.98 Å². The van der Waals surface area contributed by atoms with Crippen molar-refractivity contribution in [3.8, 4) is 0 Å². The fourth-order valence-electron chi connectivity index (χ4n) is 2.53. The number of amides is 1. The van der Waals surface area contributed by atoms with E-state index >= 15 is 0 Å². The van der Waals surface area contributed by atoms with Gasteiger partial charge < -0.3 is 10.3 Å². The molecule has 1 amide bonds. The molecule has 4 rings (SSSR count). The van der Waals surface area contributed by atoms with E-state index < -0.39 is 0 Å². The molecule has 0 fully saturated rings. The number of fused-ring (bicyclic) bond motifs is 3. The van der Waals surface area contributed by atoms with E-state index in [0.29, 0.717) is 11.4 Å². The van der Waals surface area contributed by atoms with Gasteiger partial charge in [-0.2, -0.15) is 0 Å². The molecule has 0 bridgehead atoms. The van der Waals surface area contributed by atoms with E-state index in [1.54, 1.807) is 30.6 Å². The molecular weight excluding hydrogens is 312 g/mol. The van der Waals surface area contributed by atoms with E-state index in [2.05, 4.69) is 20.3 Å². The number of aromatic amines is 1. The number of rotatable bonds is 2. The van der Waals surface area contributed by atoms with E-state index in [4.69, 9.17) is 11.6 Å². The highest BCUT2D eigenvalue weighted by molar-refractivity contribution is 6.32. The molecule has 1 aromatic carbocycles. The van der Waals surface area contributed by atoms with Crippen LogP contribution in [0.5, 0.6) is 0 Å². The molecule has 4 aromatic rings. The number of nitrogens with one attached hydrogen (secondary N) is 2. The Labute approximate surface area is 136 Å². The Kier molecular flexibility index (Phi) is 3.20. The van der Waals surface area contributed by atoms with E-state index in [1.807, 2.05) is 24.3 Å². The number of anilines is 1. The molecule has 23 heavy (non-hydrogen) atoms. The topological polar surface area (TPSA) is 70.7 Å². The summed E-state index contributed by atoms with van der Waals surface area (Å²) in [6.07, 6.45) is 3.30. The lowest BCUT2D eigenvalue weighted by molar-refractivity contribution is 0.102. The number of nitrogens with zero attached hydrogens (tertiary/aromatic N) is 2. The predicted molar refractivity (Wildman–Crippen MR) is 90.8 cm³/mol. The third-order valence-electron chi connectivity index (χ3n) is 3.62. The Bertz CT molecular complexity index is 1040. The predicted octanol–water partition coefficient (Wildman–Crippen LogP) is 4.02. The van der Waals surface area contributed by atoms with E-state index in [-0.39, 0.29) is 11.1 Å². The lowest BCUT2D eigenvalue weighted by Crippen LogP contribution is -2.12. The van der Waals surface area contributed by atoms with Gasteiger partial charge in [-0.05, 0) is 24.3 Å². The summed E-state index contributed by atoms with van der Waals surface area (Å²) in [6.45, 7) is 0. The first-order valence-electron chi connectivity index (χ1n) is 7.01. The number of H-pyrrole nitrogens is 1. The summed E-state index contributed by atoms with van der Waals surface area (Å²) >= 11 is 5.97. The molecule has 0 radical (unpaired) electrons. The maximum atomic E-state index is 12.4. The van der Waals surface area contributed by atoms with Crippen LogP contribution in [0, 0.1) is 0 Å². The second-order valence-corrected chi connectivity index (χ2v) is 5.44. The van der Waals surface area contributed by atoms with Crippen LogP contribution >= 0.6 is 11.6 Å². The van der Waals surface area contributed by atoms with Gasteiger partial charge in [-0.1, -0.05) is 29.8 Å². The third-order valence-corrected chi connectivity index (χ3v) is 3.92. The summed E-state index contributed by atoms with van der Waals surface area (Å²) in [6, 6.07) is 13.0. The number of aromatic nitrogens is 3. The summed E-state index contributed by atoms with van der Waals surface area (Å²) < 4.78 is 0. The van der Waals surface area contributed by atoms with Gasteiger partial charge in [0.15, 0.2) is 5.15 Å². The molecule has 0 saturated carbocycles. The van der Waals surface area contributed by atoms with Crippen molar-refractivity contribution in [3.63, 3.8) is 0 Å². The van der Waals surface area contributed by atoms with Crippen molar-refractivity contribution in [2.24, 2.45) is 0 Å². The second-order valence-electron chi connectivity index (χ2n) is 5.08. The maximum Gasteiger partial charge on any atom is 0.272 e. The minimum Gasteiger partial charge on any atom is -0.349 e. The molecule has 0 atom stereocenters. The van der Waals surface area contributed by atoms with Crippen molar-refractivity contribution in [2.75, 3.05) is 5.32 Å². The summed E-state index contributed by atoms with van der Waals surface area (Å²) in [5, 5.41) is 4.95. The van der Waals surface area contributed by atoms with Crippen LogP contribution in [0.1, 0.15) is 10.5 Å². The lowest BCUT2D eigenvalue weighted by atomic mass is 10.1. The van der Waals surface area contributed by atoms with Gasteiger partial charge >= 0.3 is 0 Å². The fourth-order valence-corrected chi connectivity index (χ4v) is 2.70. The summed E-state index contributed by atoms with van der Waals surface area (Å²) in [5.41, 5.74) is 2.59. The first-order valence-corrected chi connectivity index (χ1v) is 7.38. The lowest BCUT2D eigenvalue weighted by Gasteiger charge is -2.04. The average molecular weight is 323 g/mol. The molecule has 3 heterocycles. The Morgan fingerprint density at radius 3 is 2.70 bits per heavy atom. The van der Waals surface area contributed by atoms with Gasteiger partial charge in [0.2, 0.25) is 0 Å². The SMILES string of the molecule is O=C(Nc1cccnc1Cl)c1cc2ccc3cccnc3c2[nH]1. The van der Waals surface area contributed by atoms with Crippen LogP contribution in [0.25, 0.3) is 21.8 Å². The minimum atomic E-state index is -0.278. The number of carbonyl (C=O) groups is 1. The largest absolute Gasteiger partial charge is 0.349 e. The van der Waals surface area contributed by atoms with Crippen molar-refractivity contribution >= 4 is 45.0 Å². The zero-order chi connectivity index (χ0) is 15.8. The number of hydrogen-bond acceptors (Lipinski definition) is 3. The van der Waals surface area contributed by atoms with Crippen molar-refractivity contribution < 1.29 is 4.79 Å². The van der Waals surface area contributed by atoms with Gasteiger partial charge in [0.25, 0.3) is 5.91 Å². The van der Waals surface area contributed by atoms with Crippen LogP contribution in [0.2, 0.25) is 5.15 Å². The molecule has 112 valence electrons. The van der Waals surface area contributed by atoms with Gasteiger partial charge in [0.1, 0.15) is 5.69 Å². The Balaban J connectivity index is 1.76. The minimum absolute atomic E-state index is 0.254. The number of halogens is 1. The molecule has 6 heteroatoms. The molecule has 0 aliphatic carbocycles. The number of benzene rings is 1. The van der Waals surface area contributed by atoms with Crippen molar-refractivity contribution in [2.45, 2.75) is 0 Å². The van der Waals surface area contributed by atoms with Crippen molar-refractivity contribution in [1.82, 2.24) is 15.0 Å². The van der Waals surface area contributed by atoms with Crippen LogP contribution in [-0.4, -0.2) is 20.9 Å². The molecule has 3 aromatic heterocycles. The van der Waals surface area contributed by atoms with Gasteiger partial charge in [0.05, 0.1) is 16.7 Å². The van der Waals surface area contributed by atoms with E-state index in [0.717, 1.165) is 21.8 Å². The quantitative estimate of drug-likeness (QED) is 0.548. The average Bonchev–Trinajstić information content (AvgIpc) is 3.02. The highest BCUT2D eigenvalue weighted by Crippen LogP contribution is 2.25. The molecule has 2 N–H and O–H groups in total. The van der Waals surface area contributed by atoms with E-state index in [1.165, 1.54) is 0 Å². The highest BCUT2D eigenvalue weighted by Gasteiger charge is 2.13. The second kappa shape index (κ2) is 5.37. The smallest absolute Gasteiger partial charge is 0.272 e. The van der Waals surface area contributed by atoms with Crippen LogP contribution in [-0.2, 0) is 0 Å². The number of carbonyl (C=O) groups excluding carboxylic acids is 1. The van der Waals surface area contributed by atoms with Crippen LogP contribution in [0.15, 0.2) is 54.9 Å². The molecule has 0 unspecified atom stereocenters. The highest BCUT2D eigenvalue weighted by atomic mass is 35.5. The maximum absolute atomic E-state index is 12.4. The number of hydrogen-bond donors (Lipinski definition) is 2. The number of pyridine rings is 2. The van der Waals surface area contributed by atoms with Gasteiger partial charge in [-0.3, -0.25) is 9.78 Å². The zero-order valence-corrected chi connectivity index (χ0v) is 12.6. The Hall–Kier alpha value is -2.92. The molecule has 0 aliphatic heterocycles. The summed E-state index contributed by atoms with van der Waals surface area (Å²) in [5.74, 6) is -0.278. The third kappa shape index (κ3) is 2.41. The fraction of sp³-hybridized carbons (Fsp3) is 0. The van der Waals surface area contributed by atoms with Crippen molar-refractivity contribution in [1.29, 1.82) is 0 Å². The van der Waals surface area contributed by atoms with E-state index in [9.17, 15) is 4.79 Å².